The molecular weight excluding hydrogens is 215 g/mol. The van der Waals surface area contributed by atoms with Crippen LogP contribution in [0.3, 0.4) is 0 Å². The van der Waals surface area contributed by atoms with Crippen LogP contribution in [-0.4, -0.2) is 6.54 Å². The first-order chi connectivity index (χ1) is 6.07. The van der Waals surface area contributed by atoms with Gasteiger partial charge in [-0.1, -0.05) is 6.07 Å². The zero-order chi connectivity index (χ0) is 9.47. The predicted octanol–water partition coefficient (Wildman–Crippen LogP) is 3.10. The Labute approximate surface area is 85.7 Å². The van der Waals surface area contributed by atoms with Crippen molar-refractivity contribution in [2.75, 3.05) is 11.9 Å². The molecular formula is C9H9ClF3N. The number of hydrogen-bond acceptors (Lipinski definition) is 1. The molecule has 0 saturated carbocycles. The molecule has 1 N–H and O–H groups in total. The van der Waals surface area contributed by atoms with Gasteiger partial charge in [0.15, 0.2) is 0 Å². The van der Waals surface area contributed by atoms with E-state index in [1.54, 1.807) is 0 Å². The molecule has 0 aromatic heterocycles. The summed E-state index contributed by atoms with van der Waals surface area (Å²) in [7, 11) is 0. The zero-order valence-corrected chi connectivity index (χ0v) is 8.00. The Morgan fingerprint density at radius 2 is 1.93 bits per heavy atom. The summed E-state index contributed by atoms with van der Waals surface area (Å²) in [5.41, 5.74) is 1.00. The van der Waals surface area contributed by atoms with Crippen molar-refractivity contribution >= 4 is 18.1 Å². The molecule has 78 valence electrons. The monoisotopic (exact) mass is 223 g/mol. The van der Waals surface area contributed by atoms with Crippen molar-refractivity contribution in [2.24, 2.45) is 0 Å². The van der Waals surface area contributed by atoms with Gasteiger partial charge in [0.05, 0.1) is 5.56 Å². The van der Waals surface area contributed by atoms with Crippen LogP contribution in [0.1, 0.15) is 11.1 Å². The van der Waals surface area contributed by atoms with E-state index in [0.717, 1.165) is 24.6 Å². The highest BCUT2D eigenvalue weighted by molar-refractivity contribution is 5.85. The minimum atomic E-state index is -4.24. The second kappa shape index (κ2) is 3.69. The van der Waals surface area contributed by atoms with Crippen LogP contribution in [0.15, 0.2) is 18.2 Å². The van der Waals surface area contributed by atoms with Crippen molar-refractivity contribution < 1.29 is 13.2 Å². The maximum atomic E-state index is 12.2. The first-order valence-corrected chi connectivity index (χ1v) is 4.01. The molecule has 1 nitrogen and oxygen atoms in total. The lowest BCUT2D eigenvalue weighted by Crippen LogP contribution is -2.05. The number of benzene rings is 1. The maximum absolute atomic E-state index is 12.2. The molecule has 1 aliphatic rings. The fraction of sp³-hybridized carbons (Fsp3) is 0.333. The quantitative estimate of drug-likeness (QED) is 0.713. The number of halogens is 4. The SMILES string of the molecule is Cl.FC(F)(F)c1ccc2c(c1)NCC2. The summed E-state index contributed by atoms with van der Waals surface area (Å²) < 4.78 is 36.7. The maximum Gasteiger partial charge on any atom is 0.416 e. The van der Waals surface area contributed by atoms with Gasteiger partial charge in [-0.05, 0) is 24.1 Å². The Kier molecular flexibility index (Phi) is 2.95. The van der Waals surface area contributed by atoms with Gasteiger partial charge in [0, 0.05) is 12.2 Å². The predicted molar refractivity (Wildman–Crippen MR) is 50.9 cm³/mol. The molecule has 1 aliphatic heterocycles. The van der Waals surface area contributed by atoms with E-state index >= 15 is 0 Å². The lowest BCUT2D eigenvalue weighted by Gasteiger charge is -2.08. The van der Waals surface area contributed by atoms with Crippen LogP contribution in [0.25, 0.3) is 0 Å². The number of nitrogens with one attached hydrogen (secondary N) is 1. The molecule has 0 aliphatic carbocycles. The van der Waals surface area contributed by atoms with Crippen molar-refractivity contribution in [1.82, 2.24) is 0 Å². The van der Waals surface area contributed by atoms with Crippen molar-refractivity contribution in [2.45, 2.75) is 12.6 Å². The fourth-order valence-corrected chi connectivity index (χ4v) is 1.47. The molecule has 1 aromatic rings. The van der Waals surface area contributed by atoms with Crippen molar-refractivity contribution in [3.8, 4) is 0 Å². The van der Waals surface area contributed by atoms with E-state index in [0.29, 0.717) is 5.69 Å². The third-order valence-electron chi connectivity index (χ3n) is 2.15. The van der Waals surface area contributed by atoms with Crippen LogP contribution in [0, 0.1) is 0 Å². The first kappa shape index (κ1) is 11.2. The molecule has 0 fully saturated rings. The standard InChI is InChI=1S/C9H8F3N.ClH/c10-9(11,12)7-2-1-6-3-4-13-8(6)5-7;/h1-2,5,13H,3-4H2;1H. The molecule has 14 heavy (non-hydrogen) atoms. The Hall–Kier alpha value is -0.900. The summed E-state index contributed by atoms with van der Waals surface area (Å²) >= 11 is 0. The molecule has 0 spiro atoms. The van der Waals surface area contributed by atoms with Gasteiger partial charge in [0.1, 0.15) is 0 Å². The summed E-state index contributed by atoms with van der Waals surface area (Å²) in [5, 5.41) is 2.91. The normalized spacial score (nSPS) is 14.2. The largest absolute Gasteiger partial charge is 0.416 e. The number of rotatable bonds is 0. The Balaban J connectivity index is 0.000000980. The smallest absolute Gasteiger partial charge is 0.384 e. The Bertz CT molecular complexity index is 335. The summed E-state index contributed by atoms with van der Waals surface area (Å²) in [5.74, 6) is 0. The molecule has 5 heteroatoms. The van der Waals surface area contributed by atoms with Gasteiger partial charge in [0.25, 0.3) is 0 Å². The van der Waals surface area contributed by atoms with Crippen LogP contribution in [-0.2, 0) is 12.6 Å². The molecule has 0 atom stereocenters. The third-order valence-corrected chi connectivity index (χ3v) is 2.15. The second-order valence-corrected chi connectivity index (χ2v) is 3.05. The van der Waals surface area contributed by atoms with E-state index in [2.05, 4.69) is 5.32 Å². The van der Waals surface area contributed by atoms with E-state index in [1.165, 1.54) is 12.1 Å². The number of fused-ring (bicyclic) bond motifs is 1. The Morgan fingerprint density at radius 1 is 1.21 bits per heavy atom. The number of alkyl halides is 3. The van der Waals surface area contributed by atoms with Gasteiger partial charge >= 0.3 is 6.18 Å². The zero-order valence-electron chi connectivity index (χ0n) is 7.19. The van der Waals surface area contributed by atoms with E-state index in [4.69, 9.17) is 0 Å². The van der Waals surface area contributed by atoms with Gasteiger partial charge in [-0.2, -0.15) is 13.2 Å². The van der Waals surface area contributed by atoms with Gasteiger partial charge in [-0.15, -0.1) is 12.4 Å². The summed E-state index contributed by atoms with van der Waals surface area (Å²) in [6, 6.07) is 3.84. The number of anilines is 1. The van der Waals surface area contributed by atoms with E-state index in [-0.39, 0.29) is 12.4 Å². The highest BCUT2D eigenvalue weighted by Gasteiger charge is 2.31. The summed E-state index contributed by atoms with van der Waals surface area (Å²) in [6.07, 6.45) is -3.42. The molecule has 0 bridgehead atoms. The summed E-state index contributed by atoms with van der Waals surface area (Å²) in [6.45, 7) is 0.733. The van der Waals surface area contributed by atoms with E-state index in [9.17, 15) is 13.2 Å². The molecule has 2 rings (SSSR count). The van der Waals surface area contributed by atoms with Crippen molar-refractivity contribution in [1.29, 1.82) is 0 Å². The first-order valence-electron chi connectivity index (χ1n) is 4.01. The molecule has 1 aromatic carbocycles. The fourth-order valence-electron chi connectivity index (χ4n) is 1.47. The summed E-state index contributed by atoms with van der Waals surface area (Å²) in [4.78, 5) is 0. The Morgan fingerprint density at radius 3 is 2.57 bits per heavy atom. The highest BCUT2D eigenvalue weighted by atomic mass is 35.5. The van der Waals surface area contributed by atoms with Crippen LogP contribution in [0.5, 0.6) is 0 Å². The highest BCUT2D eigenvalue weighted by Crippen LogP contribution is 2.33. The molecule has 0 saturated heterocycles. The van der Waals surface area contributed by atoms with Crippen LogP contribution >= 0.6 is 12.4 Å². The minimum absolute atomic E-state index is 0. The second-order valence-electron chi connectivity index (χ2n) is 3.05. The van der Waals surface area contributed by atoms with Crippen molar-refractivity contribution in [3.05, 3.63) is 29.3 Å². The van der Waals surface area contributed by atoms with Crippen molar-refractivity contribution in [3.63, 3.8) is 0 Å². The van der Waals surface area contributed by atoms with Crippen LogP contribution < -0.4 is 5.32 Å². The average molecular weight is 224 g/mol. The third kappa shape index (κ3) is 1.95. The number of hydrogen-bond donors (Lipinski definition) is 1. The van der Waals surface area contributed by atoms with E-state index < -0.39 is 11.7 Å². The van der Waals surface area contributed by atoms with Gasteiger partial charge in [0.2, 0.25) is 0 Å². The van der Waals surface area contributed by atoms with Gasteiger partial charge in [-0.3, -0.25) is 0 Å². The van der Waals surface area contributed by atoms with E-state index in [1.807, 2.05) is 0 Å². The van der Waals surface area contributed by atoms with Gasteiger partial charge < -0.3 is 5.32 Å². The topological polar surface area (TPSA) is 12.0 Å². The lowest BCUT2D eigenvalue weighted by atomic mass is 10.1. The molecule has 0 amide bonds. The average Bonchev–Trinajstić information content (AvgIpc) is 2.47. The molecule has 1 heterocycles. The lowest BCUT2D eigenvalue weighted by molar-refractivity contribution is -0.137. The minimum Gasteiger partial charge on any atom is -0.384 e. The van der Waals surface area contributed by atoms with Crippen LogP contribution in [0.4, 0.5) is 18.9 Å². The molecule has 0 unspecified atom stereocenters. The molecule has 0 radical (unpaired) electrons. The van der Waals surface area contributed by atoms with Gasteiger partial charge in [-0.25, -0.2) is 0 Å². The van der Waals surface area contributed by atoms with Crippen LogP contribution in [0.2, 0.25) is 0 Å².